The van der Waals surface area contributed by atoms with E-state index in [-0.39, 0.29) is 5.91 Å². The normalized spacial score (nSPS) is 10.2. The van der Waals surface area contributed by atoms with Crippen LogP contribution in [0.15, 0.2) is 48.5 Å². The summed E-state index contributed by atoms with van der Waals surface area (Å²) in [4.78, 5) is 12.0. The van der Waals surface area contributed by atoms with Crippen LogP contribution >= 0.6 is 0 Å². The Kier molecular flexibility index (Phi) is 4.18. The molecule has 0 bridgehead atoms. The van der Waals surface area contributed by atoms with E-state index in [0.29, 0.717) is 17.8 Å². The molecule has 0 radical (unpaired) electrons. The van der Waals surface area contributed by atoms with E-state index in [0.717, 1.165) is 12.0 Å². The number of nitrogen functional groups attached to an aromatic ring is 1. The molecule has 0 spiro atoms. The van der Waals surface area contributed by atoms with E-state index in [2.05, 4.69) is 17.4 Å². The lowest BCUT2D eigenvalue weighted by Crippen LogP contribution is -2.26. The van der Waals surface area contributed by atoms with E-state index in [1.165, 1.54) is 5.56 Å². The van der Waals surface area contributed by atoms with Crippen molar-refractivity contribution in [1.29, 1.82) is 0 Å². The monoisotopic (exact) mass is 254 g/mol. The molecule has 0 aliphatic rings. The zero-order valence-electron chi connectivity index (χ0n) is 11.0. The number of anilines is 1. The molecular formula is C16H18N2O. The maximum atomic E-state index is 12.0. The quantitative estimate of drug-likeness (QED) is 0.824. The first-order valence-corrected chi connectivity index (χ1v) is 6.35. The lowest BCUT2D eigenvalue weighted by Gasteiger charge is -2.08. The molecular weight excluding hydrogens is 236 g/mol. The van der Waals surface area contributed by atoms with Gasteiger partial charge in [-0.05, 0) is 36.6 Å². The van der Waals surface area contributed by atoms with Gasteiger partial charge in [-0.3, -0.25) is 4.79 Å². The van der Waals surface area contributed by atoms with Crippen LogP contribution in [-0.4, -0.2) is 12.5 Å². The number of carbonyl (C=O) groups is 1. The van der Waals surface area contributed by atoms with Crippen LogP contribution in [0.3, 0.4) is 0 Å². The largest absolute Gasteiger partial charge is 0.399 e. The van der Waals surface area contributed by atoms with E-state index in [9.17, 15) is 4.79 Å². The van der Waals surface area contributed by atoms with Gasteiger partial charge >= 0.3 is 0 Å². The summed E-state index contributed by atoms with van der Waals surface area (Å²) in [7, 11) is 0. The van der Waals surface area contributed by atoms with Crippen LogP contribution in [0, 0.1) is 6.92 Å². The molecule has 0 saturated heterocycles. The second-order valence-corrected chi connectivity index (χ2v) is 4.57. The minimum absolute atomic E-state index is 0.0688. The van der Waals surface area contributed by atoms with E-state index in [1.807, 2.05) is 31.2 Å². The average molecular weight is 254 g/mol. The molecule has 98 valence electrons. The summed E-state index contributed by atoms with van der Waals surface area (Å²) < 4.78 is 0. The number of rotatable bonds is 4. The zero-order valence-corrected chi connectivity index (χ0v) is 11.0. The predicted octanol–water partition coefficient (Wildman–Crippen LogP) is 2.55. The molecule has 0 aromatic heterocycles. The first kappa shape index (κ1) is 13.1. The zero-order chi connectivity index (χ0) is 13.7. The van der Waals surface area contributed by atoms with Gasteiger partial charge in [0.05, 0.1) is 0 Å². The Hall–Kier alpha value is -2.29. The summed E-state index contributed by atoms with van der Waals surface area (Å²) in [5.41, 5.74) is 9.11. The lowest BCUT2D eigenvalue weighted by atomic mass is 10.1. The van der Waals surface area contributed by atoms with Gasteiger partial charge < -0.3 is 11.1 Å². The lowest BCUT2D eigenvalue weighted by molar-refractivity contribution is 0.0953. The third-order valence-electron chi connectivity index (χ3n) is 3.05. The SMILES string of the molecule is Cc1ccc(N)cc1C(=O)NCCc1ccccc1. The molecule has 0 fully saturated rings. The molecule has 2 aromatic carbocycles. The molecule has 3 N–H and O–H groups in total. The van der Waals surface area contributed by atoms with Crippen molar-refractivity contribution < 1.29 is 4.79 Å². The van der Waals surface area contributed by atoms with Gasteiger partial charge in [-0.25, -0.2) is 0 Å². The van der Waals surface area contributed by atoms with Crippen molar-refractivity contribution in [3.63, 3.8) is 0 Å². The van der Waals surface area contributed by atoms with Gasteiger partial charge in [-0.2, -0.15) is 0 Å². The van der Waals surface area contributed by atoms with Gasteiger partial charge in [0.25, 0.3) is 5.91 Å². The molecule has 0 atom stereocenters. The minimum atomic E-state index is -0.0688. The number of hydrogen-bond donors (Lipinski definition) is 2. The van der Waals surface area contributed by atoms with E-state index in [4.69, 9.17) is 5.73 Å². The molecule has 0 heterocycles. The molecule has 0 aliphatic heterocycles. The van der Waals surface area contributed by atoms with Crippen molar-refractivity contribution in [1.82, 2.24) is 5.32 Å². The Balaban J connectivity index is 1.93. The molecule has 2 aromatic rings. The highest BCUT2D eigenvalue weighted by molar-refractivity contribution is 5.96. The highest BCUT2D eigenvalue weighted by atomic mass is 16.1. The molecule has 3 nitrogen and oxygen atoms in total. The van der Waals surface area contributed by atoms with E-state index in [1.54, 1.807) is 12.1 Å². The molecule has 19 heavy (non-hydrogen) atoms. The number of amides is 1. The Morgan fingerprint density at radius 2 is 1.89 bits per heavy atom. The van der Waals surface area contributed by atoms with Crippen LogP contribution in [0.25, 0.3) is 0 Å². The summed E-state index contributed by atoms with van der Waals surface area (Å²) in [6, 6.07) is 15.5. The van der Waals surface area contributed by atoms with Crippen molar-refractivity contribution in [3.05, 3.63) is 65.2 Å². The van der Waals surface area contributed by atoms with Gasteiger partial charge in [-0.1, -0.05) is 36.4 Å². The predicted molar refractivity (Wildman–Crippen MR) is 78.1 cm³/mol. The van der Waals surface area contributed by atoms with Crippen LogP contribution in [0.4, 0.5) is 5.69 Å². The molecule has 2 rings (SSSR count). The number of benzene rings is 2. The fraction of sp³-hybridized carbons (Fsp3) is 0.188. The van der Waals surface area contributed by atoms with Gasteiger partial charge in [0.1, 0.15) is 0 Å². The second kappa shape index (κ2) is 6.05. The third-order valence-corrected chi connectivity index (χ3v) is 3.05. The average Bonchev–Trinajstić information content (AvgIpc) is 2.42. The molecule has 0 aliphatic carbocycles. The van der Waals surface area contributed by atoms with Crippen molar-refractivity contribution in [3.8, 4) is 0 Å². The van der Waals surface area contributed by atoms with Crippen molar-refractivity contribution in [2.24, 2.45) is 0 Å². The number of aryl methyl sites for hydroxylation is 1. The Morgan fingerprint density at radius 1 is 1.16 bits per heavy atom. The number of nitrogens with one attached hydrogen (secondary N) is 1. The Bertz CT molecular complexity index is 564. The summed E-state index contributed by atoms with van der Waals surface area (Å²) in [6.07, 6.45) is 0.827. The number of carbonyl (C=O) groups excluding carboxylic acids is 1. The van der Waals surface area contributed by atoms with Crippen LogP contribution in [0.1, 0.15) is 21.5 Å². The fourth-order valence-electron chi connectivity index (χ4n) is 1.94. The number of nitrogens with two attached hydrogens (primary N) is 1. The first-order valence-electron chi connectivity index (χ1n) is 6.35. The summed E-state index contributed by atoms with van der Waals surface area (Å²) >= 11 is 0. The molecule has 0 unspecified atom stereocenters. The molecule has 0 saturated carbocycles. The minimum Gasteiger partial charge on any atom is -0.399 e. The van der Waals surface area contributed by atoms with Crippen LogP contribution in [0.2, 0.25) is 0 Å². The van der Waals surface area contributed by atoms with Crippen LogP contribution in [0.5, 0.6) is 0 Å². The third kappa shape index (κ3) is 3.58. The van der Waals surface area contributed by atoms with Crippen molar-refractivity contribution >= 4 is 11.6 Å². The highest BCUT2D eigenvalue weighted by Gasteiger charge is 2.08. The smallest absolute Gasteiger partial charge is 0.251 e. The maximum absolute atomic E-state index is 12.0. The van der Waals surface area contributed by atoms with E-state index >= 15 is 0 Å². The molecule has 3 heteroatoms. The van der Waals surface area contributed by atoms with Gasteiger partial charge in [0.15, 0.2) is 0 Å². The highest BCUT2D eigenvalue weighted by Crippen LogP contribution is 2.12. The standard InChI is InChI=1S/C16H18N2O/c1-12-7-8-14(17)11-15(12)16(19)18-10-9-13-5-3-2-4-6-13/h2-8,11H,9-10,17H2,1H3,(H,18,19). The summed E-state index contributed by atoms with van der Waals surface area (Å²) in [5, 5.41) is 2.92. The van der Waals surface area contributed by atoms with Crippen LogP contribution < -0.4 is 11.1 Å². The van der Waals surface area contributed by atoms with Gasteiger partial charge in [-0.15, -0.1) is 0 Å². The Labute approximate surface area is 113 Å². The first-order chi connectivity index (χ1) is 9.16. The van der Waals surface area contributed by atoms with Crippen LogP contribution in [-0.2, 0) is 6.42 Å². The number of hydrogen-bond acceptors (Lipinski definition) is 2. The topological polar surface area (TPSA) is 55.1 Å². The van der Waals surface area contributed by atoms with Crippen molar-refractivity contribution in [2.75, 3.05) is 12.3 Å². The van der Waals surface area contributed by atoms with Crippen molar-refractivity contribution in [2.45, 2.75) is 13.3 Å². The summed E-state index contributed by atoms with van der Waals surface area (Å²) in [6.45, 7) is 2.53. The maximum Gasteiger partial charge on any atom is 0.251 e. The van der Waals surface area contributed by atoms with E-state index < -0.39 is 0 Å². The Morgan fingerprint density at radius 3 is 2.63 bits per heavy atom. The summed E-state index contributed by atoms with van der Waals surface area (Å²) in [5.74, 6) is -0.0688. The van der Waals surface area contributed by atoms with Gasteiger partial charge in [0, 0.05) is 17.8 Å². The second-order valence-electron chi connectivity index (χ2n) is 4.57. The fourth-order valence-corrected chi connectivity index (χ4v) is 1.94. The van der Waals surface area contributed by atoms with Gasteiger partial charge in [0.2, 0.25) is 0 Å². The molecule has 1 amide bonds.